The number of carbonyl (C=O) groups is 1. The number of hydrogen-bond acceptors (Lipinski definition) is 4. The predicted octanol–water partition coefficient (Wildman–Crippen LogP) is 2.13. The number of benzene rings is 1. The summed E-state index contributed by atoms with van der Waals surface area (Å²) in [7, 11) is -3.84. The lowest BCUT2D eigenvalue weighted by molar-refractivity contribution is -0.142. The molecule has 0 amide bonds. The summed E-state index contributed by atoms with van der Waals surface area (Å²) in [5.41, 5.74) is -0.0146. The van der Waals surface area contributed by atoms with Crippen molar-refractivity contribution in [2.75, 3.05) is 0 Å². The third kappa shape index (κ3) is 3.77. The van der Waals surface area contributed by atoms with Gasteiger partial charge in [0.15, 0.2) is 0 Å². The maximum Gasteiger partial charge on any atom is 0.306 e. The lowest BCUT2D eigenvalue weighted by Gasteiger charge is -2.26. The van der Waals surface area contributed by atoms with E-state index in [0.29, 0.717) is 25.7 Å². The van der Waals surface area contributed by atoms with Gasteiger partial charge in [0.25, 0.3) is 0 Å². The number of hydrogen-bond donors (Lipinski definition) is 2. The van der Waals surface area contributed by atoms with Crippen LogP contribution in [-0.4, -0.2) is 25.5 Å². The van der Waals surface area contributed by atoms with Gasteiger partial charge in [-0.3, -0.25) is 4.79 Å². The second kappa shape index (κ2) is 6.65. The Morgan fingerprint density at radius 2 is 1.95 bits per heavy atom. The van der Waals surface area contributed by atoms with Gasteiger partial charge in [-0.25, -0.2) is 13.1 Å². The molecule has 8 heteroatoms. The summed E-state index contributed by atoms with van der Waals surface area (Å²) in [5.74, 6) is -1.25. The summed E-state index contributed by atoms with van der Waals surface area (Å²) in [4.78, 5) is 10.8. The Balaban J connectivity index is 2.13. The maximum atomic E-state index is 12.4. The minimum atomic E-state index is -3.84. The van der Waals surface area contributed by atoms with Crippen molar-refractivity contribution in [2.45, 2.75) is 36.6 Å². The SMILES string of the molecule is N#Cc1cc(Cl)ccc1S(=O)(=O)NC1CCC(C(=O)O)CC1. The summed E-state index contributed by atoms with van der Waals surface area (Å²) in [6, 6.07) is 5.52. The van der Waals surface area contributed by atoms with E-state index in [2.05, 4.69) is 4.72 Å². The monoisotopic (exact) mass is 342 g/mol. The van der Waals surface area contributed by atoms with Gasteiger partial charge < -0.3 is 5.11 Å². The smallest absolute Gasteiger partial charge is 0.306 e. The highest BCUT2D eigenvalue weighted by molar-refractivity contribution is 7.89. The molecule has 22 heavy (non-hydrogen) atoms. The Hall–Kier alpha value is -1.62. The molecule has 0 saturated heterocycles. The third-order valence-electron chi connectivity index (χ3n) is 3.75. The number of carboxylic acid groups (broad SMARTS) is 1. The normalized spacial score (nSPS) is 22.0. The number of carboxylic acids is 1. The van der Waals surface area contributed by atoms with Gasteiger partial charge in [-0.2, -0.15) is 5.26 Å². The number of halogens is 1. The van der Waals surface area contributed by atoms with Gasteiger partial charge in [0, 0.05) is 11.1 Å². The van der Waals surface area contributed by atoms with Crippen LogP contribution in [-0.2, 0) is 14.8 Å². The van der Waals surface area contributed by atoms with Crippen molar-refractivity contribution in [2.24, 2.45) is 5.92 Å². The molecule has 118 valence electrons. The molecule has 1 fully saturated rings. The van der Waals surface area contributed by atoms with Crippen LogP contribution >= 0.6 is 11.6 Å². The van der Waals surface area contributed by atoms with Gasteiger partial charge in [0.2, 0.25) is 10.0 Å². The molecule has 0 aromatic heterocycles. The third-order valence-corrected chi connectivity index (χ3v) is 5.56. The molecule has 0 spiro atoms. The lowest BCUT2D eigenvalue weighted by Crippen LogP contribution is -2.38. The molecule has 1 aliphatic rings. The Kier molecular flexibility index (Phi) is 5.06. The average molecular weight is 343 g/mol. The van der Waals surface area contributed by atoms with Gasteiger partial charge in [-0.05, 0) is 43.9 Å². The van der Waals surface area contributed by atoms with Gasteiger partial charge in [-0.1, -0.05) is 11.6 Å². The van der Waals surface area contributed by atoms with Crippen molar-refractivity contribution in [3.05, 3.63) is 28.8 Å². The Morgan fingerprint density at radius 1 is 1.32 bits per heavy atom. The van der Waals surface area contributed by atoms with E-state index >= 15 is 0 Å². The van der Waals surface area contributed by atoms with E-state index in [1.807, 2.05) is 6.07 Å². The van der Waals surface area contributed by atoms with Gasteiger partial charge in [0.05, 0.1) is 16.4 Å². The van der Waals surface area contributed by atoms with E-state index in [9.17, 15) is 13.2 Å². The quantitative estimate of drug-likeness (QED) is 0.871. The predicted molar refractivity (Wildman–Crippen MR) is 79.9 cm³/mol. The molecule has 2 rings (SSSR count). The molecule has 1 aliphatic carbocycles. The molecule has 6 nitrogen and oxygen atoms in total. The van der Waals surface area contributed by atoms with Crippen LogP contribution in [0.25, 0.3) is 0 Å². The van der Waals surface area contributed by atoms with Crippen LogP contribution in [0.15, 0.2) is 23.1 Å². The molecule has 0 heterocycles. The van der Waals surface area contributed by atoms with Gasteiger partial charge >= 0.3 is 5.97 Å². The van der Waals surface area contributed by atoms with Crippen LogP contribution in [0.4, 0.5) is 0 Å². The van der Waals surface area contributed by atoms with E-state index in [0.717, 1.165) is 0 Å². The minimum Gasteiger partial charge on any atom is -0.481 e. The van der Waals surface area contributed by atoms with Crippen LogP contribution in [0.3, 0.4) is 0 Å². The first-order valence-corrected chi connectivity index (χ1v) is 8.64. The van der Waals surface area contributed by atoms with Crippen LogP contribution in [0.1, 0.15) is 31.2 Å². The highest BCUT2D eigenvalue weighted by atomic mass is 35.5. The van der Waals surface area contributed by atoms with Crippen molar-refractivity contribution in [3.8, 4) is 6.07 Å². The molecule has 1 aromatic carbocycles. The first-order chi connectivity index (χ1) is 10.3. The first-order valence-electron chi connectivity index (χ1n) is 6.78. The van der Waals surface area contributed by atoms with Crippen LogP contribution in [0, 0.1) is 17.2 Å². The van der Waals surface area contributed by atoms with E-state index in [1.165, 1.54) is 18.2 Å². The minimum absolute atomic E-state index is 0.0146. The zero-order valence-corrected chi connectivity index (χ0v) is 13.2. The van der Waals surface area contributed by atoms with E-state index in [-0.39, 0.29) is 21.5 Å². The number of sulfonamides is 1. The fourth-order valence-electron chi connectivity index (χ4n) is 2.57. The Bertz CT molecular complexity index is 719. The average Bonchev–Trinajstić information content (AvgIpc) is 2.46. The summed E-state index contributed by atoms with van der Waals surface area (Å²) in [5, 5.41) is 18.3. The number of rotatable bonds is 4. The zero-order chi connectivity index (χ0) is 16.3. The molecule has 2 N–H and O–H groups in total. The number of nitrogens with zero attached hydrogens (tertiary/aromatic N) is 1. The standard InChI is InChI=1S/C14H15ClN2O4S/c15-11-3-6-13(10(7-11)8-16)22(20,21)17-12-4-1-9(2-5-12)14(18)19/h3,6-7,9,12,17H,1-2,4-5H2,(H,18,19). The highest BCUT2D eigenvalue weighted by Gasteiger charge is 2.29. The Morgan fingerprint density at radius 3 is 2.50 bits per heavy atom. The fraction of sp³-hybridized carbons (Fsp3) is 0.429. The second-order valence-electron chi connectivity index (χ2n) is 5.26. The van der Waals surface area contributed by atoms with Crippen LogP contribution in [0.5, 0.6) is 0 Å². The second-order valence-corrected chi connectivity index (χ2v) is 7.38. The molecular weight excluding hydrogens is 328 g/mol. The van der Waals surface area contributed by atoms with E-state index < -0.39 is 21.9 Å². The maximum absolute atomic E-state index is 12.4. The zero-order valence-electron chi connectivity index (χ0n) is 11.6. The van der Waals surface area contributed by atoms with Gasteiger partial charge in [-0.15, -0.1) is 0 Å². The number of nitrogens with one attached hydrogen (secondary N) is 1. The molecule has 1 aromatic rings. The molecule has 0 unspecified atom stereocenters. The molecular formula is C14H15ClN2O4S. The van der Waals surface area contributed by atoms with Crippen molar-refractivity contribution in [1.29, 1.82) is 5.26 Å². The molecule has 0 aliphatic heterocycles. The molecule has 0 radical (unpaired) electrons. The number of nitriles is 1. The van der Waals surface area contributed by atoms with Crippen molar-refractivity contribution in [3.63, 3.8) is 0 Å². The van der Waals surface area contributed by atoms with Crippen molar-refractivity contribution >= 4 is 27.6 Å². The van der Waals surface area contributed by atoms with Crippen LogP contribution < -0.4 is 4.72 Å². The van der Waals surface area contributed by atoms with E-state index in [1.54, 1.807) is 0 Å². The molecule has 0 bridgehead atoms. The largest absolute Gasteiger partial charge is 0.481 e. The summed E-state index contributed by atoms with van der Waals surface area (Å²) in [6.45, 7) is 0. The van der Waals surface area contributed by atoms with Crippen molar-refractivity contribution in [1.82, 2.24) is 4.72 Å². The van der Waals surface area contributed by atoms with Crippen molar-refractivity contribution < 1.29 is 18.3 Å². The Labute approximate surface area is 133 Å². The fourth-order valence-corrected chi connectivity index (χ4v) is 4.18. The molecule has 1 saturated carbocycles. The number of aliphatic carboxylic acids is 1. The highest BCUT2D eigenvalue weighted by Crippen LogP contribution is 2.26. The first kappa shape index (κ1) is 16.7. The van der Waals surface area contributed by atoms with Crippen LogP contribution in [0.2, 0.25) is 5.02 Å². The lowest BCUT2D eigenvalue weighted by atomic mass is 9.87. The summed E-state index contributed by atoms with van der Waals surface area (Å²) < 4.78 is 27.3. The van der Waals surface area contributed by atoms with E-state index in [4.69, 9.17) is 22.0 Å². The molecule has 0 atom stereocenters. The summed E-state index contributed by atoms with van der Waals surface area (Å²) >= 11 is 5.76. The van der Waals surface area contributed by atoms with Gasteiger partial charge in [0.1, 0.15) is 6.07 Å². The topological polar surface area (TPSA) is 107 Å². The summed E-state index contributed by atoms with van der Waals surface area (Å²) in [6.07, 6.45) is 1.81.